The average Bonchev–Trinajstić information content (AvgIpc) is 1.78. The Bertz CT molecular complexity index is 3890. The highest BCUT2D eigenvalue weighted by Crippen LogP contribution is 2.55. The number of allylic oxidation sites excluding steroid dienone is 16. The van der Waals surface area contributed by atoms with E-state index in [1.54, 1.807) is 0 Å². The molecule has 39 heteroatoms. The molecular formula is C101H165N11O24S4. The summed E-state index contributed by atoms with van der Waals surface area (Å²) in [6, 6.07) is 0. The Hall–Kier alpha value is -5.68. The van der Waals surface area contributed by atoms with Crippen LogP contribution in [0.2, 0.25) is 0 Å². The van der Waals surface area contributed by atoms with Crippen molar-refractivity contribution >= 4 is 98.3 Å². The van der Waals surface area contributed by atoms with Crippen molar-refractivity contribution in [2.24, 2.45) is 205 Å². The number of hydrogen-bond donors (Lipinski definition) is 31. The zero-order chi connectivity index (χ0) is 104. The second kappa shape index (κ2) is 50.8. The minimum atomic E-state index is -1.63. The summed E-state index contributed by atoms with van der Waals surface area (Å²) in [5.41, 5.74) is 50.7. The molecule has 0 spiro atoms. The van der Waals surface area contributed by atoms with Gasteiger partial charge in [-0.3, -0.25) is 38.4 Å². The molecule has 0 saturated heterocycles. The van der Waals surface area contributed by atoms with Crippen molar-refractivity contribution in [3.05, 3.63) is 97.2 Å². The molecular weight excluding hydrogens is 1880 g/mol. The number of aliphatic carboxylic acids is 8. The number of thiol groups is 4. The number of carboxylic acid groups (broad SMARTS) is 8. The van der Waals surface area contributed by atoms with E-state index in [4.69, 9.17) is 83.5 Å². The quantitative estimate of drug-likeness (QED) is 0.0228. The lowest BCUT2D eigenvalue weighted by molar-refractivity contribution is -0.151. The van der Waals surface area contributed by atoms with E-state index in [0.29, 0.717) is 98.6 Å². The molecule has 24 unspecified atom stereocenters. The highest BCUT2D eigenvalue weighted by molar-refractivity contribution is 7.80. The normalized spacial score (nSPS) is 35.1. The summed E-state index contributed by atoms with van der Waals surface area (Å²) in [6.07, 6.45) is 49.0. The van der Waals surface area contributed by atoms with Crippen molar-refractivity contribution in [1.29, 1.82) is 0 Å². The Morgan fingerprint density at radius 2 is 0.357 bits per heavy atom. The zero-order valence-electron chi connectivity index (χ0n) is 80.7. The third-order valence-electron chi connectivity index (χ3n) is 34.7. The van der Waals surface area contributed by atoms with Crippen molar-refractivity contribution in [3.63, 3.8) is 0 Å². The van der Waals surface area contributed by atoms with E-state index in [1.165, 1.54) is 0 Å². The average molecular weight is 2050 g/mol. The number of carbonyl (C=O) groups is 8. The van der Waals surface area contributed by atoms with Crippen LogP contribution in [-0.2, 0) is 38.4 Å². The lowest BCUT2D eigenvalue weighted by Crippen LogP contribution is -2.61. The molecule has 0 amide bonds. The monoisotopic (exact) mass is 2040 g/mol. The van der Waals surface area contributed by atoms with Gasteiger partial charge in [0.2, 0.25) is 0 Å². The summed E-state index contributed by atoms with van der Waals surface area (Å²) in [5.74, 6) is -3.28. The molecule has 40 atom stereocenters. The number of rotatable bonds is 44. The number of hydrogen-bond acceptors (Lipinski definition) is 31. The molecule has 38 N–H and O–H groups in total. The van der Waals surface area contributed by atoms with Crippen LogP contribution in [0.3, 0.4) is 0 Å². The first-order valence-corrected chi connectivity index (χ1v) is 53.1. The number of aliphatic hydroxyl groups excluding tert-OH is 8. The van der Waals surface area contributed by atoms with E-state index < -0.39 is 141 Å². The number of fused-ring (bicyclic) bond motifs is 16. The van der Waals surface area contributed by atoms with Gasteiger partial charge in [0.25, 0.3) is 0 Å². The molecule has 16 aliphatic carbocycles. The van der Waals surface area contributed by atoms with Gasteiger partial charge in [0.1, 0.15) is 44.3 Å². The summed E-state index contributed by atoms with van der Waals surface area (Å²) >= 11 is 15.8. The summed E-state index contributed by atoms with van der Waals surface area (Å²) in [5, 5.41) is 157. The van der Waals surface area contributed by atoms with Gasteiger partial charge in [-0.25, -0.2) is 0 Å². The Labute approximate surface area is 844 Å². The molecule has 35 nitrogen and oxygen atoms in total. The van der Waals surface area contributed by atoms with E-state index in [1.807, 2.05) is 0 Å². The second-order valence-electron chi connectivity index (χ2n) is 43.7. The molecule has 16 rings (SSSR count). The molecule has 140 heavy (non-hydrogen) atoms. The van der Waals surface area contributed by atoms with E-state index in [2.05, 4.69) is 155 Å². The van der Waals surface area contributed by atoms with Crippen LogP contribution in [0.4, 0.5) is 0 Å². The van der Waals surface area contributed by atoms with Gasteiger partial charge in [-0.05, 0) is 329 Å². The highest BCUT2D eigenvalue weighted by atomic mass is 32.1. The molecule has 16 bridgehead atoms. The van der Waals surface area contributed by atoms with E-state index in [-0.39, 0.29) is 131 Å². The van der Waals surface area contributed by atoms with E-state index in [9.17, 15) is 99.6 Å². The number of unbranched alkanes of at least 4 members (excludes halogenated alkanes) is 5. The van der Waals surface area contributed by atoms with E-state index in [0.717, 1.165) is 141 Å². The number of nitrogens with two attached hydrogens (primary N) is 11. The maximum absolute atomic E-state index is 11.5. The smallest absolute Gasteiger partial charge is 0.327 e. The standard InChI is InChI=1S/C15H25NO3.3C14H24N2O3.4C11H17NO3S/c1-2-3-4-7-15(16,14(18)19)13(17)12-9-10-5-6-11(12)8-10;3*15-6-2-1-5-14(16,13(18)19)12(17)11-8-9-3-4-10(11)7-9;4*12-11(5-16,10(14)15)9(13)8-4-6-1-2-7(8)3-6/h5-6,10-13,17H,2-4,7-9,16H2,1H3,(H,18,19);3*3-4,9-12,17H,1-2,5-8,15-16H2,(H,18,19);4*1-2,6-9,13,16H,3-5,12H2,(H,14,15)/t10?,11?,12?,13-,15+;9?,10?,11?,12-,14+;2*9?,10?,11?,12-,14-;2*6?,7?,8?,9-,11+;2*6?,7?,8?,9-,11-/m01101010/s1. The minimum absolute atomic E-state index is 0.0118. The van der Waals surface area contributed by atoms with Crippen LogP contribution < -0.4 is 63.1 Å². The van der Waals surface area contributed by atoms with Gasteiger partial charge in [0.05, 0.1) is 48.8 Å². The molecule has 0 heterocycles. The molecule has 8 saturated carbocycles. The molecule has 0 aromatic carbocycles. The third-order valence-corrected chi connectivity index (χ3v) is 36.8. The van der Waals surface area contributed by atoms with Crippen molar-refractivity contribution in [1.82, 2.24) is 0 Å². The van der Waals surface area contributed by atoms with Gasteiger partial charge in [-0.15, -0.1) is 0 Å². The Balaban J connectivity index is 0.000000179. The van der Waals surface area contributed by atoms with Crippen LogP contribution in [0.5, 0.6) is 0 Å². The van der Waals surface area contributed by atoms with Crippen LogP contribution in [0.1, 0.15) is 193 Å². The summed E-state index contributed by atoms with van der Waals surface area (Å²) in [7, 11) is 0. The first-order valence-electron chi connectivity index (χ1n) is 50.5. The van der Waals surface area contributed by atoms with Crippen LogP contribution >= 0.6 is 50.5 Å². The number of carboxylic acids is 8. The summed E-state index contributed by atoms with van der Waals surface area (Å²) in [6.45, 7) is 3.62. The lowest BCUT2D eigenvalue weighted by atomic mass is 9.76. The van der Waals surface area contributed by atoms with Gasteiger partial charge in [0, 0.05) is 23.0 Å². The molecule has 16 aliphatic rings. The van der Waals surface area contributed by atoms with Gasteiger partial charge < -0.3 is 145 Å². The fourth-order valence-corrected chi connectivity index (χ4v) is 26.9. The first kappa shape index (κ1) is 118. The van der Waals surface area contributed by atoms with Crippen molar-refractivity contribution in [2.75, 3.05) is 42.6 Å². The Kier molecular flexibility index (Phi) is 42.8. The highest BCUT2D eigenvalue weighted by Gasteiger charge is 2.59. The summed E-state index contributed by atoms with van der Waals surface area (Å²) < 4.78 is 0. The molecule has 792 valence electrons. The topological polar surface area (TPSA) is 746 Å². The number of aliphatic hydroxyl groups is 8. The predicted molar refractivity (Wildman–Crippen MR) is 544 cm³/mol. The zero-order valence-corrected chi connectivity index (χ0v) is 84.3. The van der Waals surface area contributed by atoms with Crippen molar-refractivity contribution in [3.8, 4) is 0 Å². The molecule has 0 aromatic heterocycles. The Morgan fingerprint density at radius 1 is 0.229 bits per heavy atom. The van der Waals surface area contributed by atoms with Gasteiger partial charge in [0.15, 0.2) is 0 Å². The van der Waals surface area contributed by atoms with Crippen LogP contribution in [0, 0.1) is 142 Å². The van der Waals surface area contributed by atoms with Crippen molar-refractivity contribution < 1.29 is 120 Å². The van der Waals surface area contributed by atoms with Crippen LogP contribution in [-0.4, -0.2) is 265 Å². The molecule has 0 aliphatic heterocycles. The van der Waals surface area contributed by atoms with Gasteiger partial charge in [-0.1, -0.05) is 123 Å². The molecule has 0 radical (unpaired) electrons. The maximum atomic E-state index is 11.5. The van der Waals surface area contributed by atoms with Crippen molar-refractivity contribution in [2.45, 2.75) is 286 Å². The SMILES string of the molecule is CCCCC[C@](N)(C(=O)O)[C@@H](O)C1CC2C=CC1C2.NCCCC[C@@](N)(C(=O)O)[C@@H](O)C1CC2C=CC1C2.NCCCC[C@@](N)(C(=O)O)[C@H](O)C1CC2C=CC1C2.NCCCC[C@](N)(C(=O)O)[C@H](O)C1CC2C=CC1C2.N[C@@](CS)(C(=O)O)[C@@H](O)C1CC2C=CC1C2.N[C@@](CS)(C(=O)O)[C@H](O)C1CC2C=CC1C2.N[C@](CS)(C(=O)O)[C@@H](O)C1CC2C=CC1C2.N[C@](CS)(C(=O)O)[C@H](O)C1CC2C=CC1C2. The third kappa shape index (κ3) is 26.3. The minimum Gasteiger partial charge on any atom is -0.480 e. The summed E-state index contributed by atoms with van der Waals surface area (Å²) in [4.78, 5) is 90.4. The van der Waals surface area contributed by atoms with Crippen LogP contribution in [0.15, 0.2) is 97.2 Å². The Morgan fingerprint density at radius 3 is 0.450 bits per heavy atom. The van der Waals surface area contributed by atoms with Gasteiger partial charge >= 0.3 is 47.8 Å². The second-order valence-corrected chi connectivity index (χ2v) is 45.0. The van der Waals surface area contributed by atoms with Crippen LogP contribution in [0.25, 0.3) is 0 Å². The first-order chi connectivity index (χ1) is 65.9. The lowest BCUT2D eigenvalue weighted by Gasteiger charge is -2.36. The fourth-order valence-electron chi connectivity index (χ4n) is 25.6. The molecule has 0 aromatic rings. The maximum Gasteiger partial charge on any atom is 0.327 e. The molecule has 8 fully saturated rings. The predicted octanol–water partition coefficient (Wildman–Crippen LogP) is 4.42. The fraction of sp³-hybridized carbons (Fsp3) is 0.762. The van der Waals surface area contributed by atoms with Gasteiger partial charge in [-0.2, -0.15) is 50.5 Å². The largest absolute Gasteiger partial charge is 0.480 e. The van der Waals surface area contributed by atoms with E-state index >= 15 is 0 Å².